The molecule has 4 N–H and O–H groups in total. The van der Waals surface area contributed by atoms with Gasteiger partial charge in [0.25, 0.3) is 5.56 Å². The second-order valence-electron chi connectivity index (χ2n) is 8.23. The van der Waals surface area contributed by atoms with Crippen LogP contribution in [0.25, 0.3) is 11.1 Å². The number of carboxylic acid groups (broad SMARTS) is 1. The number of urea groups is 1. The monoisotopic (exact) mass is 543 g/mol. The number of aryl methyl sites for hydroxylation is 2. The van der Waals surface area contributed by atoms with Gasteiger partial charge >= 0.3 is 47.7 Å². The molecule has 0 fully saturated rings. The number of aromatic nitrogens is 1. The third kappa shape index (κ3) is 8.01. The quantitative estimate of drug-likeness (QED) is 0.319. The van der Waals surface area contributed by atoms with Crippen molar-refractivity contribution in [2.24, 2.45) is 7.05 Å². The first-order valence-electron chi connectivity index (χ1n) is 10.9. The second kappa shape index (κ2) is 12.9. The molecule has 2 amide bonds. The number of carbonyl (C=O) groups is 2. The zero-order valence-corrected chi connectivity index (χ0v) is 22.8. The van der Waals surface area contributed by atoms with Crippen LogP contribution in [0.2, 0.25) is 0 Å². The summed E-state index contributed by atoms with van der Waals surface area (Å²) in [6.45, 7) is -0.00105. The molecule has 1 atom stereocenters. The summed E-state index contributed by atoms with van der Waals surface area (Å²) in [5.41, 5.74) is 0.262. The summed E-state index contributed by atoms with van der Waals surface area (Å²) in [6.07, 6.45) is -3.78. The van der Waals surface area contributed by atoms with Gasteiger partial charge in [-0.15, -0.1) is 0 Å². The molecule has 0 aliphatic carbocycles. The van der Waals surface area contributed by atoms with Crippen LogP contribution in [0.4, 0.5) is 23.7 Å². The van der Waals surface area contributed by atoms with Gasteiger partial charge in [-0.3, -0.25) is 9.59 Å². The molecular weight excluding hydrogens is 518 g/mol. The Labute approximate surface area is 239 Å². The first kappa shape index (κ1) is 30.7. The van der Waals surface area contributed by atoms with Gasteiger partial charge in [-0.1, -0.05) is 36.4 Å². The number of benzene rings is 2. The standard InChI is InChI=1S/C25H24F3N3O6.Na.H/c1-14-12-31(2)23(35)21(22(14)34)30-24(36)29-18(11-20(32)33)16-8-9-19(37-13-25(26,27)28)17(10-16)15-6-4-3-5-7-15;;/h3-10,12,18,34H,11,13H2,1-2H3,(H,32,33)(H2,29,30,36);;/q;+1;-1. The van der Waals surface area contributed by atoms with Crippen molar-refractivity contribution in [1.29, 1.82) is 0 Å². The number of carbonyl (C=O) groups excluding carboxylic acids is 1. The van der Waals surface area contributed by atoms with Gasteiger partial charge in [0.2, 0.25) is 0 Å². The summed E-state index contributed by atoms with van der Waals surface area (Å²) in [4.78, 5) is 36.6. The first-order valence-corrected chi connectivity index (χ1v) is 10.9. The number of aromatic hydroxyl groups is 1. The van der Waals surface area contributed by atoms with Crippen molar-refractivity contribution in [3.63, 3.8) is 0 Å². The fourth-order valence-corrected chi connectivity index (χ4v) is 3.63. The molecule has 38 heavy (non-hydrogen) atoms. The molecule has 0 aliphatic heterocycles. The predicted molar refractivity (Wildman–Crippen MR) is 130 cm³/mol. The number of alkyl halides is 3. The smallest absolute Gasteiger partial charge is 1.00 e. The van der Waals surface area contributed by atoms with E-state index in [9.17, 15) is 37.8 Å². The topological polar surface area (TPSA) is 130 Å². The van der Waals surface area contributed by atoms with Crippen molar-refractivity contribution in [3.05, 3.63) is 76.2 Å². The maximum Gasteiger partial charge on any atom is 1.00 e. The van der Waals surface area contributed by atoms with E-state index in [2.05, 4.69) is 10.6 Å². The summed E-state index contributed by atoms with van der Waals surface area (Å²) >= 11 is 0. The van der Waals surface area contributed by atoms with Crippen LogP contribution in [0, 0.1) is 6.92 Å². The Morgan fingerprint density at radius 3 is 2.42 bits per heavy atom. The number of pyridine rings is 1. The number of ether oxygens (including phenoxy) is 1. The average Bonchev–Trinajstić information content (AvgIpc) is 2.83. The molecule has 0 aliphatic rings. The van der Waals surface area contributed by atoms with Crippen molar-refractivity contribution < 1.29 is 68.7 Å². The van der Waals surface area contributed by atoms with Crippen LogP contribution in [0.15, 0.2) is 59.5 Å². The van der Waals surface area contributed by atoms with E-state index in [4.69, 9.17) is 4.74 Å². The summed E-state index contributed by atoms with van der Waals surface area (Å²) in [7, 11) is 1.43. The van der Waals surface area contributed by atoms with Gasteiger partial charge < -0.3 is 31.6 Å². The van der Waals surface area contributed by atoms with Gasteiger partial charge in [0.1, 0.15) is 11.5 Å². The molecule has 0 saturated carbocycles. The Morgan fingerprint density at radius 1 is 1.16 bits per heavy atom. The van der Waals surface area contributed by atoms with E-state index >= 15 is 0 Å². The number of halogens is 3. The molecule has 9 nitrogen and oxygen atoms in total. The molecule has 13 heteroatoms. The Morgan fingerprint density at radius 2 is 1.82 bits per heavy atom. The molecule has 2 aromatic carbocycles. The van der Waals surface area contributed by atoms with Crippen molar-refractivity contribution >= 4 is 17.7 Å². The molecule has 0 saturated heterocycles. The number of hydrogen-bond acceptors (Lipinski definition) is 5. The van der Waals surface area contributed by atoms with Crippen LogP contribution in [0.1, 0.15) is 25.0 Å². The van der Waals surface area contributed by atoms with Crippen LogP contribution in [-0.4, -0.2) is 39.6 Å². The summed E-state index contributed by atoms with van der Waals surface area (Å²) in [5, 5.41) is 24.3. The Kier molecular flexibility index (Phi) is 10.4. The number of aliphatic carboxylic acids is 1. The number of rotatable bonds is 8. The van der Waals surface area contributed by atoms with Crippen molar-refractivity contribution in [3.8, 4) is 22.6 Å². The third-order valence-corrected chi connectivity index (χ3v) is 5.34. The fraction of sp³-hybridized carbons (Fsp3) is 0.240. The first-order chi connectivity index (χ1) is 17.4. The number of nitrogens with one attached hydrogen (secondary N) is 2. The molecule has 1 unspecified atom stereocenters. The SMILES string of the molecule is Cc1cn(C)c(=O)c(NC(=O)NC(CC(=O)O)c2ccc(OCC(F)(F)F)c(-c3ccccc3)c2)c1O.[H-].[Na+]. The van der Waals surface area contributed by atoms with E-state index < -0.39 is 54.2 Å². The fourth-order valence-electron chi connectivity index (χ4n) is 3.63. The molecule has 3 aromatic rings. The largest absolute Gasteiger partial charge is 1.00 e. The van der Waals surface area contributed by atoms with Gasteiger partial charge in [0, 0.05) is 24.4 Å². The predicted octanol–water partition coefficient (Wildman–Crippen LogP) is 1.46. The molecule has 0 radical (unpaired) electrons. The number of hydrogen-bond donors (Lipinski definition) is 4. The van der Waals surface area contributed by atoms with Crippen molar-refractivity contribution in [2.45, 2.75) is 25.6 Å². The molecular formula is C25H25F3N3NaO6. The Bertz CT molecular complexity index is 1370. The van der Waals surface area contributed by atoms with Gasteiger partial charge in [0.15, 0.2) is 12.3 Å². The number of nitrogens with zero attached hydrogens (tertiary/aromatic N) is 1. The molecule has 198 valence electrons. The van der Waals surface area contributed by atoms with Crippen LogP contribution in [0.3, 0.4) is 0 Å². The van der Waals surface area contributed by atoms with E-state index in [1.165, 1.54) is 38.4 Å². The minimum absolute atomic E-state index is 0. The Hall–Kier alpha value is -3.48. The molecule has 1 aromatic heterocycles. The van der Waals surface area contributed by atoms with Gasteiger partial charge in [-0.25, -0.2) is 4.79 Å². The summed E-state index contributed by atoms with van der Waals surface area (Å²) < 4.78 is 44.4. The van der Waals surface area contributed by atoms with Crippen molar-refractivity contribution in [2.75, 3.05) is 11.9 Å². The number of amides is 2. The summed E-state index contributed by atoms with van der Waals surface area (Å²) in [5.74, 6) is -1.79. The number of carboxylic acids is 1. The molecule has 3 rings (SSSR count). The van der Waals surface area contributed by atoms with Gasteiger partial charge in [0.05, 0.1) is 12.5 Å². The number of anilines is 1. The van der Waals surface area contributed by atoms with Gasteiger partial charge in [-0.05, 0) is 30.2 Å². The second-order valence-corrected chi connectivity index (χ2v) is 8.23. The van der Waals surface area contributed by atoms with Crippen LogP contribution >= 0.6 is 0 Å². The molecule has 0 spiro atoms. The minimum Gasteiger partial charge on any atom is -1.00 e. The maximum atomic E-state index is 12.8. The van der Waals surface area contributed by atoms with Crippen LogP contribution < -0.4 is 50.5 Å². The zero-order valence-electron chi connectivity index (χ0n) is 21.8. The third-order valence-electron chi connectivity index (χ3n) is 5.34. The normalized spacial score (nSPS) is 11.7. The van der Waals surface area contributed by atoms with Crippen LogP contribution in [0.5, 0.6) is 11.5 Å². The molecule has 1 heterocycles. The van der Waals surface area contributed by atoms with Gasteiger partial charge in [-0.2, -0.15) is 13.2 Å². The van der Waals surface area contributed by atoms with Crippen LogP contribution in [-0.2, 0) is 11.8 Å². The Balaban J connectivity index is 0.00000380. The van der Waals surface area contributed by atoms with E-state index in [1.807, 2.05) is 0 Å². The average molecular weight is 543 g/mol. The van der Waals surface area contributed by atoms with Crippen molar-refractivity contribution in [1.82, 2.24) is 9.88 Å². The van der Waals surface area contributed by atoms with E-state index in [0.29, 0.717) is 11.1 Å². The minimum atomic E-state index is -4.57. The van der Waals surface area contributed by atoms with E-state index in [0.717, 1.165) is 4.57 Å². The maximum absolute atomic E-state index is 12.8. The van der Waals surface area contributed by atoms with E-state index in [1.54, 1.807) is 30.3 Å². The summed E-state index contributed by atoms with van der Waals surface area (Å²) in [6, 6.07) is 10.3. The van der Waals surface area contributed by atoms with E-state index in [-0.39, 0.29) is 47.9 Å². The molecule has 0 bridgehead atoms. The zero-order chi connectivity index (χ0) is 27.3.